The van der Waals surface area contributed by atoms with Crippen molar-refractivity contribution < 1.29 is 9.84 Å². The summed E-state index contributed by atoms with van der Waals surface area (Å²) in [5.74, 6) is 0. The van der Waals surface area contributed by atoms with Crippen molar-refractivity contribution in [2.45, 2.75) is 32.4 Å². The first-order valence-corrected chi connectivity index (χ1v) is 7.11. The van der Waals surface area contributed by atoms with E-state index in [9.17, 15) is 5.11 Å². The van der Waals surface area contributed by atoms with Crippen molar-refractivity contribution in [3.63, 3.8) is 0 Å². The molecule has 0 bridgehead atoms. The zero-order valence-electron chi connectivity index (χ0n) is 13.1. The summed E-state index contributed by atoms with van der Waals surface area (Å²) in [6, 6.07) is 6.49. The fourth-order valence-corrected chi connectivity index (χ4v) is 2.45. The van der Waals surface area contributed by atoms with Gasteiger partial charge in [-0.15, -0.1) is 0 Å². The average molecular weight is 280 g/mol. The van der Waals surface area contributed by atoms with Gasteiger partial charge in [0.15, 0.2) is 0 Å². The Morgan fingerprint density at radius 1 is 1.25 bits per heavy atom. The molecule has 4 heteroatoms. The molecule has 1 rings (SSSR count). The summed E-state index contributed by atoms with van der Waals surface area (Å²) in [7, 11) is 3.59. The number of aryl methyl sites for hydroxylation is 2. The highest BCUT2D eigenvalue weighted by molar-refractivity contribution is 5.30. The number of benzene rings is 1. The zero-order chi connectivity index (χ0) is 15.1. The fraction of sp³-hybridized carbons (Fsp3) is 0.625. The lowest BCUT2D eigenvalue weighted by Crippen LogP contribution is -2.33. The van der Waals surface area contributed by atoms with Gasteiger partial charge in [-0.2, -0.15) is 0 Å². The van der Waals surface area contributed by atoms with Gasteiger partial charge in [0.25, 0.3) is 0 Å². The van der Waals surface area contributed by atoms with E-state index in [1.54, 1.807) is 7.11 Å². The van der Waals surface area contributed by atoms with E-state index in [1.807, 2.05) is 7.05 Å². The quantitative estimate of drug-likeness (QED) is 0.760. The van der Waals surface area contributed by atoms with Gasteiger partial charge in [-0.25, -0.2) is 0 Å². The number of rotatable bonds is 8. The van der Waals surface area contributed by atoms with Gasteiger partial charge in [0, 0.05) is 19.7 Å². The van der Waals surface area contributed by atoms with Crippen molar-refractivity contribution in [2.75, 3.05) is 33.9 Å². The topological polar surface area (TPSA) is 58.7 Å². The summed E-state index contributed by atoms with van der Waals surface area (Å²) < 4.78 is 4.92. The lowest BCUT2D eigenvalue weighted by atomic mass is 10.00. The third kappa shape index (κ3) is 6.01. The van der Waals surface area contributed by atoms with Crippen LogP contribution in [0, 0.1) is 13.8 Å². The van der Waals surface area contributed by atoms with Crippen molar-refractivity contribution in [3.05, 3.63) is 34.9 Å². The molecule has 0 fully saturated rings. The summed E-state index contributed by atoms with van der Waals surface area (Å²) in [5.41, 5.74) is 9.94. The van der Waals surface area contributed by atoms with E-state index in [4.69, 9.17) is 10.5 Å². The summed E-state index contributed by atoms with van der Waals surface area (Å²) in [4.78, 5) is 2.09. The molecule has 2 atom stereocenters. The maximum atomic E-state index is 9.68. The van der Waals surface area contributed by atoms with Crippen LogP contribution in [0.15, 0.2) is 18.2 Å². The van der Waals surface area contributed by atoms with Crippen LogP contribution in [0.25, 0.3) is 0 Å². The van der Waals surface area contributed by atoms with Crippen LogP contribution in [0.5, 0.6) is 0 Å². The molecule has 0 amide bonds. The van der Waals surface area contributed by atoms with Crippen LogP contribution in [0.4, 0.5) is 0 Å². The Bertz CT molecular complexity index is 389. The van der Waals surface area contributed by atoms with Crippen LogP contribution >= 0.6 is 0 Å². The molecule has 0 heterocycles. The Hall–Kier alpha value is -0.940. The average Bonchev–Trinajstić information content (AvgIpc) is 2.35. The molecule has 0 saturated carbocycles. The third-order valence-electron chi connectivity index (χ3n) is 3.38. The van der Waals surface area contributed by atoms with Gasteiger partial charge in [-0.3, -0.25) is 0 Å². The van der Waals surface area contributed by atoms with E-state index in [0.29, 0.717) is 13.2 Å². The highest BCUT2D eigenvalue weighted by Gasteiger charge is 2.11. The number of likely N-dealkylation sites (N-methyl/N-ethyl adjacent to an activating group) is 1. The monoisotopic (exact) mass is 280 g/mol. The Balaban J connectivity index is 2.44. The SMILES string of the molecule is COCC(O)CN(C)CCC(N)c1cc(C)cc(C)c1. The van der Waals surface area contributed by atoms with Crippen molar-refractivity contribution in [1.82, 2.24) is 4.90 Å². The molecule has 0 saturated heterocycles. The Labute approximate surface area is 122 Å². The van der Waals surface area contributed by atoms with Gasteiger partial charge in [0.1, 0.15) is 0 Å². The van der Waals surface area contributed by atoms with Crippen molar-refractivity contribution in [1.29, 1.82) is 0 Å². The predicted octanol–water partition coefficient (Wildman–Crippen LogP) is 1.63. The third-order valence-corrected chi connectivity index (χ3v) is 3.38. The van der Waals surface area contributed by atoms with Gasteiger partial charge in [0.05, 0.1) is 12.7 Å². The van der Waals surface area contributed by atoms with Crippen molar-refractivity contribution in [3.8, 4) is 0 Å². The zero-order valence-corrected chi connectivity index (χ0v) is 13.1. The van der Waals surface area contributed by atoms with Crippen LogP contribution < -0.4 is 5.73 Å². The maximum Gasteiger partial charge on any atom is 0.0899 e. The number of aliphatic hydroxyl groups excluding tert-OH is 1. The Morgan fingerprint density at radius 3 is 2.40 bits per heavy atom. The number of hydrogen-bond donors (Lipinski definition) is 2. The standard InChI is InChI=1S/C16H28N2O2/c1-12-7-13(2)9-14(8-12)16(17)5-6-18(3)10-15(19)11-20-4/h7-9,15-16,19H,5-6,10-11,17H2,1-4H3. The molecular weight excluding hydrogens is 252 g/mol. The van der Waals surface area contributed by atoms with E-state index < -0.39 is 6.10 Å². The summed E-state index contributed by atoms with van der Waals surface area (Å²) in [6.07, 6.45) is 0.432. The second kappa shape index (κ2) is 8.37. The maximum absolute atomic E-state index is 9.68. The van der Waals surface area contributed by atoms with Crippen molar-refractivity contribution in [2.24, 2.45) is 5.73 Å². The number of ether oxygens (including phenoxy) is 1. The second-order valence-electron chi connectivity index (χ2n) is 5.69. The minimum absolute atomic E-state index is 0.0376. The number of nitrogens with zero attached hydrogens (tertiary/aromatic N) is 1. The molecule has 0 radical (unpaired) electrons. The number of nitrogens with two attached hydrogens (primary N) is 1. The van der Waals surface area contributed by atoms with Gasteiger partial charge in [-0.1, -0.05) is 29.3 Å². The first-order chi connectivity index (χ1) is 9.42. The largest absolute Gasteiger partial charge is 0.389 e. The molecule has 20 heavy (non-hydrogen) atoms. The smallest absolute Gasteiger partial charge is 0.0899 e. The lowest BCUT2D eigenvalue weighted by Gasteiger charge is -2.22. The lowest BCUT2D eigenvalue weighted by molar-refractivity contribution is 0.0428. The van der Waals surface area contributed by atoms with E-state index in [2.05, 4.69) is 36.9 Å². The van der Waals surface area contributed by atoms with Crippen molar-refractivity contribution >= 4 is 0 Å². The first kappa shape index (κ1) is 17.1. The fourth-order valence-electron chi connectivity index (χ4n) is 2.45. The first-order valence-electron chi connectivity index (χ1n) is 7.11. The van der Waals surface area contributed by atoms with Gasteiger partial charge in [0.2, 0.25) is 0 Å². The normalized spacial score (nSPS) is 14.6. The summed E-state index contributed by atoms with van der Waals surface area (Å²) in [6.45, 7) is 6.02. The number of hydrogen-bond acceptors (Lipinski definition) is 4. The molecule has 0 aromatic heterocycles. The summed E-state index contributed by atoms with van der Waals surface area (Å²) in [5, 5.41) is 9.68. The molecule has 3 N–H and O–H groups in total. The van der Waals surface area contributed by atoms with Crippen LogP contribution in [-0.4, -0.2) is 50.0 Å². The van der Waals surface area contributed by atoms with Gasteiger partial charge >= 0.3 is 0 Å². The van der Waals surface area contributed by atoms with Gasteiger partial charge < -0.3 is 20.5 Å². The number of methoxy groups -OCH3 is 1. The van der Waals surface area contributed by atoms with Crippen LogP contribution in [0.1, 0.15) is 29.2 Å². The van der Waals surface area contributed by atoms with Crippen LogP contribution in [-0.2, 0) is 4.74 Å². The highest BCUT2D eigenvalue weighted by atomic mass is 16.5. The molecule has 2 unspecified atom stereocenters. The molecular formula is C16H28N2O2. The van der Waals surface area contributed by atoms with Gasteiger partial charge in [-0.05, 0) is 39.4 Å². The van der Waals surface area contributed by atoms with E-state index in [1.165, 1.54) is 16.7 Å². The molecule has 114 valence electrons. The molecule has 0 spiro atoms. The van der Waals surface area contributed by atoms with E-state index in [-0.39, 0.29) is 6.04 Å². The van der Waals surface area contributed by atoms with E-state index >= 15 is 0 Å². The highest BCUT2D eigenvalue weighted by Crippen LogP contribution is 2.18. The van der Waals surface area contributed by atoms with Crippen LogP contribution in [0.3, 0.4) is 0 Å². The van der Waals surface area contributed by atoms with Crippen LogP contribution in [0.2, 0.25) is 0 Å². The Kier molecular flexibility index (Phi) is 7.16. The minimum atomic E-state index is -0.442. The molecule has 0 aliphatic carbocycles. The molecule has 0 aliphatic heterocycles. The number of aliphatic hydroxyl groups is 1. The minimum Gasteiger partial charge on any atom is -0.389 e. The predicted molar refractivity (Wildman–Crippen MR) is 82.8 cm³/mol. The Morgan fingerprint density at radius 2 is 1.85 bits per heavy atom. The second-order valence-corrected chi connectivity index (χ2v) is 5.69. The molecule has 0 aliphatic rings. The molecule has 1 aromatic rings. The van der Waals surface area contributed by atoms with E-state index in [0.717, 1.165) is 13.0 Å². The summed E-state index contributed by atoms with van der Waals surface area (Å²) >= 11 is 0. The molecule has 1 aromatic carbocycles. The molecule has 4 nitrogen and oxygen atoms in total.